The van der Waals surface area contributed by atoms with E-state index in [1.54, 1.807) is 0 Å². The van der Waals surface area contributed by atoms with Gasteiger partial charge in [-0.2, -0.15) is 0 Å². The Bertz CT molecular complexity index is 235. The Morgan fingerprint density at radius 3 is 2.63 bits per heavy atom. The van der Waals surface area contributed by atoms with Gasteiger partial charge in [0.25, 0.3) is 0 Å². The standard InChI is InChI=1S/C12H24N2O3.C2H6/c1-9(2)17-12(16)11-4-3-10(14-11)5-6-13-7-8-15;1-2/h9-11,13-15H,3-8H2,1-2H3;1-2H3. The van der Waals surface area contributed by atoms with Crippen LogP contribution in [0.3, 0.4) is 0 Å². The smallest absolute Gasteiger partial charge is 0.323 e. The maximum absolute atomic E-state index is 11.6. The Morgan fingerprint density at radius 2 is 2.05 bits per heavy atom. The molecule has 0 aromatic carbocycles. The van der Waals surface area contributed by atoms with Gasteiger partial charge in [0.2, 0.25) is 0 Å². The van der Waals surface area contributed by atoms with Crippen molar-refractivity contribution in [3.63, 3.8) is 0 Å². The van der Waals surface area contributed by atoms with Gasteiger partial charge in [0, 0.05) is 12.6 Å². The van der Waals surface area contributed by atoms with E-state index in [9.17, 15) is 4.79 Å². The van der Waals surface area contributed by atoms with E-state index < -0.39 is 0 Å². The van der Waals surface area contributed by atoms with E-state index in [1.807, 2.05) is 27.7 Å². The summed E-state index contributed by atoms with van der Waals surface area (Å²) in [5.41, 5.74) is 0. The van der Waals surface area contributed by atoms with Crippen LogP contribution in [0.4, 0.5) is 0 Å². The molecule has 0 aromatic rings. The highest BCUT2D eigenvalue weighted by Crippen LogP contribution is 2.16. The summed E-state index contributed by atoms with van der Waals surface area (Å²) in [6.45, 7) is 9.39. The summed E-state index contributed by atoms with van der Waals surface area (Å²) in [7, 11) is 0. The van der Waals surface area contributed by atoms with Crippen LogP contribution in [0.15, 0.2) is 0 Å². The van der Waals surface area contributed by atoms with Crippen LogP contribution in [0.5, 0.6) is 0 Å². The molecule has 0 radical (unpaired) electrons. The summed E-state index contributed by atoms with van der Waals surface area (Å²) < 4.78 is 5.18. The molecule has 3 N–H and O–H groups in total. The molecule has 1 heterocycles. The highest BCUT2D eigenvalue weighted by Gasteiger charge is 2.30. The predicted octanol–water partition coefficient (Wildman–Crippen LogP) is 1.06. The van der Waals surface area contributed by atoms with E-state index in [2.05, 4.69) is 10.6 Å². The lowest BCUT2D eigenvalue weighted by molar-refractivity contribution is -0.149. The van der Waals surface area contributed by atoms with E-state index in [4.69, 9.17) is 9.84 Å². The Balaban J connectivity index is 0.00000154. The molecule has 1 aliphatic rings. The zero-order valence-corrected chi connectivity index (χ0v) is 12.7. The van der Waals surface area contributed by atoms with Crippen molar-refractivity contribution in [3.05, 3.63) is 0 Å². The monoisotopic (exact) mass is 274 g/mol. The third-order valence-electron chi connectivity index (χ3n) is 2.84. The lowest BCUT2D eigenvalue weighted by Crippen LogP contribution is -2.38. The average Bonchev–Trinajstić information content (AvgIpc) is 2.85. The number of esters is 1. The molecule has 1 saturated heterocycles. The number of hydrogen-bond donors (Lipinski definition) is 3. The minimum absolute atomic E-state index is 0.0467. The highest BCUT2D eigenvalue weighted by molar-refractivity contribution is 5.76. The van der Waals surface area contributed by atoms with Crippen LogP contribution in [0, 0.1) is 0 Å². The lowest BCUT2D eigenvalue weighted by atomic mass is 10.1. The quantitative estimate of drug-likeness (QED) is 0.478. The summed E-state index contributed by atoms with van der Waals surface area (Å²) >= 11 is 0. The van der Waals surface area contributed by atoms with Crippen LogP contribution in [-0.2, 0) is 9.53 Å². The second-order valence-corrected chi connectivity index (χ2v) is 4.74. The molecular weight excluding hydrogens is 244 g/mol. The van der Waals surface area contributed by atoms with Gasteiger partial charge in [0.1, 0.15) is 6.04 Å². The van der Waals surface area contributed by atoms with Gasteiger partial charge in [-0.3, -0.25) is 4.79 Å². The summed E-state index contributed by atoms with van der Waals surface area (Å²) in [5.74, 6) is -0.134. The number of nitrogens with one attached hydrogen (secondary N) is 2. The fraction of sp³-hybridized carbons (Fsp3) is 0.929. The topological polar surface area (TPSA) is 70.6 Å². The van der Waals surface area contributed by atoms with Gasteiger partial charge >= 0.3 is 5.97 Å². The summed E-state index contributed by atoms with van der Waals surface area (Å²) in [5, 5.41) is 15.0. The van der Waals surface area contributed by atoms with Gasteiger partial charge in [-0.05, 0) is 39.7 Å². The Labute approximate surface area is 117 Å². The normalized spacial score (nSPS) is 22.0. The van der Waals surface area contributed by atoms with E-state index in [1.165, 1.54) is 0 Å². The number of rotatable bonds is 7. The fourth-order valence-corrected chi connectivity index (χ4v) is 2.03. The van der Waals surface area contributed by atoms with E-state index in [0.717, 1.165) is 25.8 Å². The van der Waals surface area contributed by atoms with Crippen molar-refractivity contribution in [2.24, 2.45) is 0 Å². The molecule has 0 saturated carbocycles. The third kappa shape index (κ3) is 8.18. The van der Waals surface area contributed by atoms with Gasteiger partial charge < -0.3 is 20.5 Å². The number of carbonyl (C=O) groups excluding carboxylic acids is 1. The van der Waals surface area contributed by atoms with Crippen LogP contribution < -0.4 is 10.6 Å². The maximum atomic E-state index is 11.6. The first-order chi connectivity index (χ1) is 9.13. The summed E-state index contributed by atoms with van der Waals surface area (Å²) in [4.78, 5) is 11.6. The third-order valence-corrected chi connectivity index (χ3v) is 2.84. The first-order valence-electron chi connectivity index (χ1n) is 7.41. The van der Waals surface area contributed by atoms with Crippen molar-refractivity contribution in [2.45, 2.75) is 65.1 Å². The fourth-order valence-electron chi connectivity index (χ4n) is 2.03. The second-order valence-electron chi connectivity index (χ2n) is 4.74. The first-order valence-corrected chi connectivity index (χ1v) is 7.41. The van der Waals surface area contributed by atoms with Crippen LogP contribution in [0.1, 0.15) is 47.0 Å². The molecule has 1 aliphatic heterocycles. The SMILES string of the molecule is CC.CC(C)OC(=O)C1CCC(CCNCCO)N1. The van der Waals surface area contributed by atoms with Gasteiger partial charge in [-0.1, -0.05) is 13.8 Å². The number of ether oxygens (including phenoxy) is 1. The molecule has 19 heavy (non-hydrogen) atoms. The first kappa shape index (κ1) is 18.4. The second kappa shape index (κ2) is 11.2. The molecule has 0 aliphatic carbocycles. The van der Waals surface area contributed by atoms with Crippen molar-refractivity contribution < 1.29 is 14.6 Å². The Hall–Kier alpha value is -0.650. The molecule has 0 aromatic heterocycles. The van der Waals surface area contributed by atoms with Crippen LogP contribution in [-0.4, -0.2) is 49.0 Å². The summed E-state index contributed by atoms with van der Waals surface area (Å²) in [6.07, 6.45) is 2.80. The molecule has 5 heteroatoms. The molecule has 0 amide bonds. The van der Waals surface area contributed by atoms with E-state index in [-0.39, 0.29) is 24.7 Å². The van der Waals surface area contributed by atoms with Gasteiger partial charge in [0.05, 0.1) is 12.7 Å². The Kier molecular flexibility index (Phi) is 10.8. The van der Waals surface area contributed by atoms with Crippen molar-refractivity contribution in [1.82, 2.24) is 10.6 Å². The molecule has 0 spiro atoms. The number of aliphatic hydroxyl groups excluding tert-OH is 1. The van der Waals surface area contributed by atoms with Crippen molar-refractivity contribution in [1.29, 1.82) is 0 Å². The molecule has 5 nitrogen and oxygen atoms in total. The zero-order valence-electron chi connectivity index (χ0n) is 12.7. The average molecular weight is 274 g/mol. The molecule has 1 rings (SSSR count). The molecule has 2 unspecified atom stereocenters. The molecule has 2 atom stereocenters. The van der Waals surface area contributed by atoms with Crippen LogP contribution >= 0.6 is 0 Å². The predicted molar refractivity (Wildman–Crippen MR) is 77.1 cm³/mol. The molecular formula is C14H30N2O3. The number of carbonyl (C=O) groups is 1. The molecule has 114 valence electrons. The van der Waals surface area contributed by atoms with Crippen molar-refractivity contribution in [3.8, 4) is 0 Å². The number of hydrogen-bond acceptors (Lipinski definition) is 5. The van der Waals surface area contributed by atoms with Crippen LogP contribution in [0.2, 0.25) is 0 Å². The van der Waals surface area contributed by atoms with E-state index in [0.29, 0.717) is 12.6 Å². The van der Waals surface area contributed by atoms with Crippen LogP contribution in [0.25, 0.3) is 0 Å². The molecule has 1 fully saturated rings. The maximum Gasteiger partial charge on any atom is 0.323 e. The van der Waals surface area contributed by atoms with Gasteiger partial charge in [-0.25, -0.2) is 0 Å². The van der Waals surface area contributed by atoms with E-state index >= 15 is 0 Å². The van der Waals surface area contributed by atoms with Crippen molar-refractivity contribution >= 4 is 5.97 Å². The minimum Gasteiger partial charge on any atom is -0.462 e. The minimum atomic E-state index is -0.139. The number of aliphatic hydroxyl groups is 1. The lowest BCUT2D eigenvalue weighted by Gasteiger charge is -2.15. The highest BCUT2D eigenvalue weighted by atomic mass is 16.5. The van der Waals surface area contributed by atoms with Gasteiger partial charge in [0.15, 0.2) is 0 Å². The molecule has 0 bridgehead atoms. The van der Waals surface area contributed by atoms with Crippen molar-refractivity contribution in [2.75, 3.05) is 19.7 Å². The Morgan fingerprint density at radius 1 is 1.37 bits per heavy atom. The zero-order chi connectivity index (χ0) is 14.7. The summed E-state index contributed by atoms with van der Waals surface area (Å²) in [6, 6.07) is 0.242. The van der Waals surface area contributed by atoms with Gasteiger partial charge in [-0.15, -0.1) is 0 Å². The largest absolute Gasteiger partial charge is 0.462 e.